The zero-order valence-corrected chi connectivity index (χ0v) is 20.3. The van der Waals surface area contributed by atoms with Crippen LogP contribution in [-0.2, 0) is 19.5 Å². The molecule has 5 rings (SSSR count). The van der Waals surface area contributed by atoms with Crippen LogP contribution in [-0.4, -0.2) is 36.0 Å². The summed E-state index contributed by atoms with van der Waals surface area (Å²) < 4.78 is 42.9. The average molecular weight is 497 g/mol. The number of aryl methyl sites for hydroxylation is 2. The van der Waals surface area contributed by atoms with Gasteiger partial charge in [-0.05, 0) is 30.4 Å². The number of amides is 1. The second-order valence-corrected chi connectivity index (χ2v) is 9.65. The Kier molecular flexibility index (Phi) is 6.05. The molecule has 1 aliphatic rings. The number of hydrogen-bond acceptors (Lipinski definition) is 4. The van der Waals surface area contributed by atoms with E-state index in [4.69, 9.17) is 0 Å². The van der Waals surface area contributed by atoms with Crippen LogP contribution in [0.3, 0.4) is 0 Å². The topological polar surface area (TPSA) is 77.1 Å². The van der Waals surface area contributed by atoms with Gasteiger partial charge in [0.05, 0.1) is 17.3 Å². The summed E-state index contributed by atoms with van der Waals surface area (Å²) in [6.45, 7) is 6.52. The van der Waals surface area contributed by atoms with E-state index >= 15 is 0 Å². The largest absolute Gasteiger partial charge is 0.392 e. The Morgan fingerprint density at radius 2 is 1.92 bits per heavy atom. The highest BCUT2D eigenvalue weighted by molar-refractivity contribution is 5.94. The Morgan fingerprint density at radius 3 is 2.61 bits per heavy atom. The average Bonchev–Trinajstić information content (AvgIpc) is 3.43. The van der Waals surface area contributed by atoms with Gasteiger partial charge < -0.3 is 9.88 Å². The Morgan fingerprint density at radius 1 is 1.17 bits per heavy atom. The standard InChI is InChI=1S/C26H27F3N6O/c1-15(2)22-23(35-13-16(3)11-31-25(35)33-22)24(36)30-12-17-4-6-18(7-5-17)20-14-34-9-8-19(26(27,28)29)10-21(34)32-20/h4-7,11,13-15,19H,8-10,12H2,1-3H3,(H,30,36). The lowest BCUT2D eigenvalue weighted by atomic mass is 9.97. The number of aromatic nitrogens is 5. The van der Waals surface area contributed by atoms with Crippen molar-refractivity contribution in [3.05, 3.63) is 71.2 Å². The highest BCUT2D eigenvalue weighted by Crippen LogP contribution is 2.35. The van der Waals surface area contributed by atoms with Gasteiger partial charge in [-0.25, -0.2) is 15.0 Å². The van der Waals surface area contributed by atoms with Crippen molar-refractivity contribution < 1.29 is 18.0 Å². The van der Waals surface area contributed by atoms with Crippen molar-refractivity contribution in [2.75, 3.05) is 0 Å². The summed E-state index contributed by atoms with van der Waals surface area (Å²) in [7, 11) is 0. The van der Waals surface area contributed by atoms with Gasteiger partial charge in [0.15, 0.2) is 0 Å². The number of nitrogens with one attached hydrogen (secondary N) is 1. The van der Waals surface area contributed by atoms with Gasteiger partial charge in [0.25, 0.3) is 5.91 Å². The second-order valence-electron chi connectivity index (χ2n) is 9.65. The predicted octanol–water partition coefficient (Wildman–Crippen LogP) is 5.08. The van der Waals surface area contributed by atoms with E-state index in [1.165, 1.54) is 0 Å². The van der Waals surface area contributed by atoms with Gasteiger partial charge in [0.2, 0.25) is 5.78 Å². The third-order valence-electron chi connectivity index (χ3n) is 6.57. The van der Waals surface area contributed by atoms with E-state index in [0.29, 0.717) is 41.8 Å². The van der Waals surface area contributed by atoms with Crippen molar-refractivity contribution in [3.63, 3.8) is 0 Å². The van der Waals surface area contributed by atoms with E-state index < -0.39 is 12.1 Å². The zero-order valence-electron chi connectivity index (χ0n) is 20.3. The molecule has 1 N–H and O–H groups in total. The maximum Gasteiger partial charge on any atom is 0.392 e. The molecule has 4 aromatic rings. The minimum absolute atomic E-state index is 0.0548. The lowest BCUT2D eigenvalue weighted by Gasteiger charge is -2.25. The van der Waals surface area contributed by atoms with Crippen molar-refractivity contribution in [2.45, 2.75) is 58.8 Å². The first-order valence-electron chi connectivity index (χ1n) is 11.9. The molecule has 1 unspecified atom stereocenters. The number of rotatable bonds is 5. The summed E-state index contributed by atoms with van der Waals surface area (Å²) in [5.41, 5.74) is 4.46. The molecule has 1 atom stereocenters. The zero-order chi connectivity index (χ0) is 25.6. The fourth-order valence-electron chi connectivity index (χ4n) is 4.58. The minimum atomic E-state index is -4.20. The van der Waals surface area contributed by atoms with Crippen molar-refractivity contribution in [1.82, 2.24) is 29.2 Å². The van der Waals surface area contributed by atoms with Crippen molar-refractivity contribution in [1.29, 1.82) is 0 Å². The number of alkyl halides is 3. The van der Waals surface area contributed by atoms with E-state index in [0.717, 1.165) is 16.7 Å². The number of fused-ring (bicyclic) bond motifs is 2. The number of carbonyl (C=O) groups excluding carboxylic acids is 1. The molecule has 7 nitrogen and oxygen atoms in total. The molecule has 0 saturated heterocycles. The van der Waals surface area contributed by atoms with Gasteiger partial charge >= 0.3 is 6.18 Å². The molecule has 0 aliphatic carbocycles. The Bertz CT molecular complexity index is 1420. The molecule has 4 heterocycles. The third kappa shape index (κ3) is 4.59. The van der Waals surface area contributed by atoms with Crippen molar-refractivity contribution in [2.24, 2.45) is 5.92 Å². The fraction of sp³-hybridized carbons (Fsp3) is 0.385. The molecule has 0 spiro atoms. The van der Waals surface area contributed by atoms with Crippen LogP contribution in [0.2, 0.25) is 0 Å². The number of benzene rings is 1. The normalized spacial score (nSPS) is 15.9. The van der Waals surface area contributed by atoms with E-state index in [1.54, 1.807) is 10.6 Å². The molecule has 0 saturated carbocycles. The molecule has 36 heavy (non-hydrogen) atoms. The summed E-state index contributed by atoms with van der Waals surface area (Å²) in [5.74, 6) is -0.560. The van der Waals surface area contributed by atoms with Crippen LogP contribution in [0.5, 0.6) is 0 Å². The Balaban J connectivity index is 1.29. The quantitative estimate of drug-likeness (QED) is 0.418. The summed E-state index contributed by atoms with van der Waals surface area (Å²) >= 11 is 0. The maximum absolute atomic E-state index is 13.1. The van der Waals surface area contributed by atoms with Crippen molar-refractivity contribution in [3.8, 4) is 11.3 Å². The van der Waals surface area contributed by atoms with Crippen LogP contribution in [0.4, 0.5) is 13.2 Å². The Labute approximate surface area is 206 Å². The van der Waals surface area contributed by atoms with Gasteiger partial charge in [-0.1, -0.05) is 38.1 Å². The number of imidazole rings is 2. The number of carbonyl (C=O) groups is 1. The van der Waals surface area contributed by atoms with Crippen LogP contribution in [0.15, 0.2) is 42.9 Å². The molecule has 10 heteroatoms. The smallest absolute Gasteiger partial charge is 0.347 e. The first-order valence-corrected chi connectivity index (χ1v) is 11.9. The second kappa shape index (κ2) is 9.07. The summed E-state index contributed by atoms with van der Waals surface area (Å²) in [5, 5.41) is 2.97. The molecule has 188 valence electrons. The molecule has 0 fully saturated rings. The maximum atomic E-state index is 13.1. The van der Waals surface area contributed by atoms with Crippen LogP contribution < -0.4 is 5.32 Å². The lowest BCUT2D eigenvalue weighted by Crippen LogP contribution is -2.31. The van der Waals surface area contributed by atoms with Gasteiger partial charge in [0, 0.05) is 43.7 Å². The number of hydrogen-bond donors (Lipinski definition) is 1. The first kappa shape index (κ1) is 24.0. The van der Waals surface area contributed by atoms with E-state index in [9.17, 15) is 18.0 Å². The lowest BCUT2D eigenvalue weighted by molar-refractivity contribution is -0.179. The Hall–Kier alpha value is -3.69. The van der Waals surface area contributed by atoms with Gasteiger partial charge in [-0.3, -0.25) is 9.20 Å². The number of halogens is 3. The fourth-order valence-corrected chi connectivity index (χ4v) is 4.58. The van der Waals surface area contributed by atoms with Crippen LogP contribution in [0.25, 0.3) is 17.0 Å². The molecule has 3 aromatic heterocycles. The van der Waals surface area contributed by atoms with Crippen LogP contribution >= 0.6 is 0 Å². The molecule has 1 aromatic carbocycles. The molecule has 1 amide bonds. The highest BCUT2D eigenvalue weighted by atomic mass is 19.4. The molecular formula is C26H27F3N6O. The monoisotopic (exact) mass is 496 g/mol. The SMILES string of the molecule is Cc1cnc2nc(C(C)C)c(C(=O)NCc3ccc(-c4cn5c(n4)CC(C(F)(F)F)CC5)cc3)n2c1. The first-order chi connectivity index (χ1) is 17.1. The van der Waals surface area contributed by atoms with E-state index in [1.807, 2.05) is 62.0 Å². The molecular weight excluding hydrogens is 469 g/mol. The van der Waals surface area contributed by atoms with Gasteiger partial charge in [-0.2, -0.15) is 13.2 Å². The van der Waals surface area contributed by atoms with E-state index in [-0.39, 0.29) is 24.7 Å². The van der Waals surface area contributed by atoms with Crippen LogP contribution in [0, 0.1) is 12.8 Å². The highest BCUT2D eigenvalue weighted by Gasteiger charge is 2.41. The summed E-state index contributed by atoms with van der Waals surface area (Å²) in [6.07, 6.45) is 1.17. The number of nitrogens with zero attached hydrogens (tertiary/aromatic N) is 5. The predicted molar refractivity (Wildman–Crippen MR) is 129 cm³/mol. The van der Waals surface area contributed by atoms with Crippen molar-refractivity contribution >= 4 is 11.7 Å². The summed E-state index contributed by atoms with van der Waals surface area (Å²) in [6, 6.07) is 7.52. The third-order valence-corrected chi connectivity index (χ3v) is 6.57. The van der Waals surface area contributed by atoms with E-state index in [2.05, 4.69) is 20.3 Å². The van der Waals surface area contributed by atoms with Gasteiger partial charge in [-0.15, -0.1) is 0 Å². The summed E-state index contributed by atoms with van der Waals surface area (Å²) in [4.78, 5) is 26.5. The van der Waals surface area contributed by atoms with Crippen LogP contribution in [0.1, 0.15) is 59.3 Å². The molecule has 1 aliphatic heterocycles. The minimum Gasteiger partial charge on any atom is -0.347 e. The molecule has 0 radical (unpaired) electrons. The van der Waals surface area contributed by atoms with Gasteiger partial charge in [0.1, 0.15) is 11.5 Å². The molecule has 0 bridgehead atoms.